The molecular formula is C19H15F6N3O2S. The van der Waals surface area contributed by atoms with Gasteiger partial charge in [-0.25, -0.2) is 13.1 Å². The van der Waals surface area contributed by atoms with Crippen molar-refractivity contribution in [2.75, 3.05) is 5.75 Å². The van der Waals surface area contributed by atoms with E-state index in [2.05, 4.69) is 10.3 Å². The average molecular weight is 463 g/mol. The van der Waals surface area contributed by atoms with Gasteiger partial charge in [-0.15, -0.1) is 5.10 Å². The fraction of sp³-hybridized carbons (Fsp3) is 0.263. The van der Waals surface area contributed by atoms with Crippen LogP contribution < -0.4 is 0 Å². The fourth-order valence-electron chi connectivity index (χ4n) is 2.91. The molecule has 0 bridgehead atoms. The zero-order chi connectivity index (χ0) is 23.2. The minimum Gasteiger partial charge on any atom is -0.224 e. The minimum absolute atomic E-state index is 0.141. The van der Waals surface area contributed by atoms with Crippen LogP contribution in [-0.2, 0) is 22.2 Å². The summed E-state index contributed by atoms with van der Waals surface area (Å²) < 4.78 is 104. The molecule has 12 heteroatoms. The molecule has 1 heterocycles. The van der Waals surface area contributed by atoms with E-state index in [1.54, 1.807) is 0 Å². The van der Waals surface area contributed by atoms with Gasteiger partial charge in [-0.2, -0.15) is 26.3 Å². The number of nitrogens with zero attached hydrogens (tertiary/aromatic N) is 3. The molecule has 1 aromatic heterocycles. The first-order valence-corrected chi connectivity index (χ1v) is 10.4. The van der Waals surface area contributed by atoms with Crippen molar-refractivity contribution in [3.05, 3.63) is 59.3 Å². The van der Waals surface area contributed by atoms with E-state index in [1.807, 2.05) is 0 Å². The molecule has 0 saturated carbocycles. The van der Waals surface area contributed by atoms with Crippen LogP contribution in [0.2, 0.25) is 0 Å². The summed E-state index contributed by atoms with van der Waals surface area (Å²) in [6.45, 7) is 2.77. The molecular weight excluding hydrogens is 448 g/mol. The molecule has 3 aromatic rings. The minimum atomic E-state index is -4.75. The van der Waals surface area contributed by atoms with Gasteiger partial charge in [0.2, 0.25) is 0 Å². The molecule has 0 aliphatic heterocycles. The van der Waals surface area contributed by atoms with Crippen LogP contribution >= 0.6 is 0 Å². The van der Waals surface area contributed by atoms with Crippen molar-refractivity contribution in [1.29, 1.82) is 0 Å². The second kappa shape index (κ2) is 7.66. The van der Waals surface area contributed by atoms with Gasteiger partial charge >= 0.3 is 12.4 Å². The molecule has 0 fully saturated rings. The van der Waals surface area contributed by atoms with Crippen molar-refractivity contribution in [2.45, 2.75) is 31.1 Å². The van der Waals surface area contributed by atoms with Gasteiger partial charge in [-0.1, -0.05) is 24.3 Å². The summed E-state index contributed by atoms with van der Waals surface area (Å²) in [4.78, 5) is -0.572. The van der Waals surface area contributed by atoms with Crippen LogP contribution in [0.3, 0.4) is 0 Å². The highest BCUT2D eigenvalue weighted by molar-refractivity contribution is 7.91. The SMILES string of the molecule is CCS(=O)(=O)c1cc(C(F)(F)F)ccc1-n1nnc(-c2ccc(C(F)(F)F)cc2)c1C. The maximum Gasteiger partial charge on any atom is 0.416 e. The molecule has 2 aromatic carbocycles. The zero-order valence-corrected chi connectivity index (χ0v) is 16.9. The molecule has 0 radical (unpaired) electrons. The fourth-order valence-corrected chi connectivity index (χ4v) is 4.00. The number of halogens is 6. The Morgan fingerprint density at radius 1 is 0.903 bits per heavy atom. The van der Waals surface area contributed by atoms with Crippen LogP contribution in [-0.4, -0.2) is 29.2 Å². The molecule has 166 valence electrons. The van der Waals surface area contributed by atoms with Crippen molar-refractivity contribution in [1.82, 2.24) is 15.0 Å². The lowest BCUT2D eigenvalue weighted by atomic mass is 10.1. The Hall–Kier alpha value is -2.89. The third-order valence-electron chi connectivity index (χ3n) is 4.61. The maximum atomic E-state index is 13.1. The summed E-state index contributed by atoms with van der Waals surface area (Å²) in [6, 6.07) is 6.32. The van der Waals surface area contributed by atoms with E-state index in [0.717, 1.165) is 28.9 Å². The highest BCUT2D eigenvalue weighted by atomic mass is 32.2. The highest BCUT2D eigenvalue weighted by Crippen LogP contribution is 2.35. The van der Waals surface area contributed by atoms with Gasteiger partial charge in [0.05, 0.1) is 33.2 Å². The summed E-state index contributed by atoms with van der Waals surface area (Å²) in [7, 11) is -4.07. The molecule has 0 saturated heterocycles. The number of hydrogen-bond acceptors (Lipinski definition) is 4. The Morgan fingerprint density at radius 3 is 1.97 bits per heavy atom. The summed E-state index contributed by atoms with van der Waals surface area (Å²) in [5, 5.41) is 7.72. The van der Waals surface area contributed by atoms with Gasteiger partial charge in [-0.3, -0.25) is 0 Å². The number of sulfone groups is 1. The van der Waals surface area contributed by atoms with Crippen molar-refractivity contribution in [3.8, 4) is 16.9 Å². The van der Waals surface area contributed by atoms with Crippen LogP contribution in [0.25, 0.3) is 16.9 Å². The predicted octanol–water partition coefficient (Wildman–Crippen LogP) is 5.07. The lowest BCUT2D eigenvalue weighted by Crippen LogP contribution is -2.14. The van der Waals surface area contributed by atoms with Crippen LogP contribution in [0, 0.1) is 6.92 Å². The van der Waals surface area contributed by atoms with Crippen molar-refractivity contribution in [3.63, 3.8) is 0 Å². The highest BCUT2D eigenvalue weighted by Gasteiger charge is 2.33. The van der Waals surface area contributed by atoms with Gasteiger partial charge in [0.1, 0.15) is 5.69 Å². The Balaban J connectivity index is 2.14. The monoisotopic (exact) mass is 463 g/mol. The number of hydrogen-bond donors (Lipinski definition) is 0. The van der Waals surface area contributed by atoms with Gasteiger partial charge in [0.25, 0.3) is 0 Å². The van der Waals surface area contributed by atoms with Crippen LogP contribution in [0.4, 0.5) is 26.3 Å². The van der Waals surface area contributed by atoms with Crippen molar-refractivity contribution < 1.29 is 34.8 Å². The summed E-state index contributed by atoms with van der Waals surface area (Å²) in [6.07, 6.45) is -9.27. The standard InChI is InChI=1S/C19H15F6N3O2S/c1-3-31(29,30)16-10-14(19(23,24)25)8-9-15(16)28-11(2)17(26-27-28)12-4-6-13(7-5-12)18(20,21)22/h4-10H,3H2,1-2H3. The first-order valence-electron chi connectivity index (χ1n) is 8.80. The molecule has 0 atom stereocenters. The van der Waals surface area contributed by atoms with Gasteiger partial charge in [0, 0.05) is 5.56 Å². The van der Waals surface area contributed by atoms with Crippen LogP contribution in [0.5, 0.6) is 0 Å². The molecule has 0 aliphatic rings. The van der Waals surface area contributed by atoms with E-state index in [9.17, 15) is 34.8 Å². The van der Waals surface area contributed by atoms with E-state index in [1.165, 1.54) is 26.0 Å². The normalized spacial score (nSPS) is 12.9. The third-order valence-corrected chi connectivity index (χ3v) is 6.37. The van der Waals surface area contributed by atoms with Crippen molar-refractivity contribution >= 4 is 9.84 Å². The average Bonchev–Trinajstić information content (AvgIpc) is 3.07. The summed E-state index contributed by atoms with van der Waals surface area (Å²) >= 11 is 0. The molecule has 3 rings (SSSR count). The number of benzene rings is 2. The molecule has 0 spiro atoms. The second-order valence-corrected chi connectivity index (χ2v) is 8.84. The van der Waals surface area contributed by atoms with E-state index < -0.39 is 44.0 Å². The zero-order valence-electron chi connectivity index (χ0n) is 16.1. The van der Waals surface area contributed by atoms with Gasteiger partial charge in [-0.05, 0) is 37.3 Å². The largest absolute Gasteiger partial charge is 0.416 e. The molecule has 5 nitrogen and oxygen atoms in total. The molecule has 0 amide bonds. The number of rotatable bonds is 4. The third kappa shape index (κ3) is 4.43. The van der Waals surface area contributed by atoms with Crippen LogP contribution in [0.1, 0.15) is 23.7 Å². The van der Waals surface area contributed by atoms with E-state index in [-0.39, 0.29) is 22.6 Å². The first kappa shape index (κ1) is 22.8. The van der Waals surface area contributed by atoms with Gasteiger partial charge in [0.15, 0.2) is 9.84 Å². The number of aromatic nitrogens is 3. The maximum absolute atomic E-state index is 13.1. The second-order valence-electron chi connectivity index (χ2n) is 6.59. The molecule has 0 N–H and O–H groups in total. The Kier molecular flexibility index (Phi) is 5.63. The Labute approximate surface area is 173 Å². The smallest absolute Gasteiger partial charge is 0.224 e. The first-order chi connectivity index (χ1) is 14.3. The number of alkyl halides is 6. The van der Waals surface area contributed by atoms with E-state index >= 15 is 0 Å². The quantitative estimate of drug-likeness (QED) is 0.507. The Bertz CT molecular complexity index is 1210. The van der Waals surface area contributed by atoms with E-state index in [4.69, 9.17) is 0 Å². The predicted molar refractivity (Wildman–Crippen MR) is 99.3 cm³/mol. The summed E-state index contributed by atoms with van der Waals surface area (Å²) in [5.74, 6) is -0.444. The van der Waals surface area contributed by atoms with Crippen LogP contribution in [0.15, 0.2) is 47.4 Å². The molecule has 0 unspecified atom stereocenters. The topological polar surface area (TPSA) is 64.8 Å². The van der Waals surface area contributed by atoms with Crippen molar-refractivity contribution in [2.24, 2.45) is 0 Å². The Morgan fingerprint density at radius 2 is 1.45 bits per heavy atom. The lowest BCUT2D eigenvalue weighted by molar-refractivity contribution is -0.138. The summed E-state index contributed by atoms with van der Waals surface area (Å²) in [5.41, 5.74) is -1.45. The van der Waals surface area contributed by atoms with Gasteiger partial charge < -0.3 is 0 Å². The lowest BCUT2D eigenvalue weighted by Gasteiger charge is -2.14. The molecule has 0 aliphatic carbocycles. The van der Waals surface area contributed by atoms with E-state index in [0.29, 0.717) is 6.07 Å². The molecule has 31 heavy (non-hydrogen) atoms.